The summed E-state index contributed by atoms with van der Waals surface area (Å²) >= 11 is 0. The Morgan fingerprint density at radius 2 is 1.90 bits per heavy atom. The van der Waals surface area contributed by atoms with Crippen molar-refractivity contribution in [1.82, 2.24) is 5.48 Å². The topological polar surface area (TPSA) is 39.7 Å². The van der Waals surface area contributed by atoms with Crippen LogP contribution in [0.15, 0.2) is 12.1 Å². The third-order valence-electron chi connectivity index (χ3n) is 3.84. The van der Waals surface area contributed by atoms with Crippen molar-refractivity contribution in [2.45, 2.75) is 58.1 Å². The predicted molar refractivity (Wildman–Crippen MR) is 83.9 cm³/mol. The van der Waals surface area contributed by atoms with E-state index in [0.29, 0.717) is 0 Å². The van der Waals surface area contributed by atoms with E-state index < -0.39 is 0 Å². The molecule has 21 heavy (non-hydrogen) atoms. The number of ether oxygens (including phenoxy) is 2. The second kappa shape index (κ2) is 5.50. The molecule has 0 radical (unpaired) electrons. The van der Waals surface area contributed by atoms with Gasteiger partial charge >= 0.3 is 0 Å². The Kier molecular flexibility index (Phi) is 4.22. The molecule has 1 aromatic rings. The summed E-state index contributed by atoms with van der Waals surface area (Å²) in [7, 11) is 3.34. The predicted octanol–water partition coefficient (Wildman–Crippen LogP) is 3.75. The van der Waals surface area contributed by atoms with Gasteiger partial charge < -0.3 is 14.3 Å². The second-order valence-electron chi connectivity index (χ2n) is 7.28. The molecule has 4 heteroatoms. The highest BCUT2D eigenvalue weighted by Gasteiger charge is 2.37. The van der Waals surface area contributed by atoms with Gasteiger partial charge in [0.2, 0.25) is 0 Å². The number of hydrogen-bond acceptors (Lipinski definition) is 4. The molecular weight excluding hydrogens is 266 g/mol. The third-order valence-corrected chi connectivity index (χ3v) is 3.84. The summed E-state index contributed by atoms with van der Waals surface area (Å²) in [5, 5.41) is 0. The molecular formula is C17H27NO3. The molecule has 4 nitrogen and oxygen atoms in total. The standard InChI is InChI=1S/C17H27NO3/c1-16(2,3)13-9-11(19-6)8-12-14(18-20-7)10-17(4,5)21-15(12)13/h8-9,14,18H,10H2,1-7H3. The summed E-state index contributed by atoms with van der Waals surface area (Å²) < 4.78 is 11.8. The molecule has 0 amide bonds. The van der Waals surface area contributed by atoms with Crippen LogP contribution in [0.3, 0.4) is 0 Å². The van der Waals surface area contributed by atoms with Gasteiger partial charge in [-0.1, -0.05) is 20.8 Å². The van der Waals surface area contributed by atoms with Crippen LogP contribution in [-0.4, -0.2) is 19.8 Å². The van der Waals surface area contributed by atoms with Crippen LogP contribution in [0.5, 0.6) is 11.5 Å². The van der Waals surface area contributed by atoms with Crippen molar-refractivity contribution in [2.24, 2.45) is 0 Å². The molecule has 1 heterocycles. The Morgan fingerprint density at radius 1 is 1.24 bits per heavy atom. The Balaban J connectivity index is 2.63. The zero-order valence-electron chi connectivity index (χ0n) is 14.2. The molecule has 2 rings (SSSR count). The number of rotatable bonds is 3. The molecule has 0 aliphatic carbocycles. The van der Waals surface area contributed by atoms with Crippen LogP contribution in [0.25, 0.3) is 0 Å². The van der Waals surface area contributed by atoms with Gasteiger partial charge in [-0.3, -0.25) is 0 Å². The van der Waals surface area contributed by atoms with Gasteiger partial charge in [0.15, 0.2) is 0 Å². The lowest BCUT2D eigenvalue weighted by Gasteiger charge is -2.40. The van der Waals surface area contributed by atoms with Gasteiger partial charge in [0.1, 0.15) is 17.1 Å². The molecule has 1 aliphatic heterocycles. The number of methoxy groups -OCH3 is 1. The maximum Gasteiger partial charge on any atom is 0.128 e. The number of fused-ring (bicyclic) bond motifs is 1. The quantitative estimate of drug-likeness (QED) is 0.862. The summed E-state index contributed by atoms with van der Waals surface area (Å²) in [6, 6.07) is 4.20. The van der Waals surface area contributed by atoms with Gasteiger partial charge in [-0.05, 0) is 31.4 Å². The van der Waals surface area contributed by atoms with E-state index >= 15 is 0 Å². The second-order valence-corrected chi connectivity index (χ2v) is 7.28. The van der Waals surface area contributed by atoms with Crippen LogP contribution < -0.4 is 15.0 Å². The average molecular weight is 293 g/mol. The van der Waals surface area contributed by atoms with E-state index in [2.05, 4.69) is 46.2 Å². The normalized spacial score (nSPS) is 20.6. The molecule has 118 valence electrons. The lowest BCUT2D eigenvalue weighted by molar-refractivity contribution is 0.00184. The lowest BCUT2D eigenvalue weighted by Crippen LogP contribution is -2.40. The molecule has 0 fully saturated rings. The average Bonchev–Trinajstić information content (AvgIpc) is 2.35. The first kappa shape index (κ1) is 16.1. The summed E-state index contributed by atoms with van der Waals surface area (Å²) in [6.07, 6.45) is 0.838. The van der Waals surface area contributed by atoms with E-state index in [9.17, 15) is 0 Å². The maximum absolute atomic E-state index is 6.30. The first-order valence-electron chi connectivity index (χ1n) is 7.38. The van der Waals surface area contributed by atoms with Gasteiger partial charge in [-0.25, -0.2) is 0 Å². The molecule has 1 unspecified atom stereocenters. The fourth-order valence-electron chi connectivity index (χ4n) is 2.84. The van der Waals surface area contributed by atoms with Gasteiger partial charge in [0.05, 0.1) is 20.3 Å². The van der Waals surface area contributed by atoms with E-state index in [1.54, 1.807) is 14.2 Å². The summed E-state index contributed by atoms with van der Waals surface area (Å²) in [4.78, 5) is 5.18. The SMILES string of the molecule is CONC1CC(C)(C)Oc2c1cc(OC)cc2C(C)(C)C. The van der Waals surface area contributed by atoms with Gasteiger partial charge in [-0.2, -0.15) is 5.48 Å². The maximum atomic E-state index is 6.30. The van der Waals surface area contributed by atoms with Crippen molar-refractivity contribution >= 4 is 0 Å². The lowest BCUT2D eigenvalue weighted by atomic mass is 9.81. The molecule has 0 saturated carbocycles. The number of hydrogen-bond donors (Lipinski definition) is 1. The van der Waals surface area contributed by atoms with Crippen LogP contribution in [0.4, 0.5) is 0 Å². The van der Waals surface area contributed by atoms with E-state index in [1.807, 2.05) is 6.07 Å². The molecule has 1 atom stereocenters. The molecule has 0 aromatic heterocycles. The van der Waals surface area contributed by atoms with Crippen LogP contribution in [-0.2, 0) is 10.3 Å². The van der Waals surface area contributed by atoms with E-state index in [4.69, 9.17) is 14.3 Å². The molecule has 0 bridgehead atoms. The fraction of sp³-hybridized carbons (Fsp3) is 0.647. The first-order valence-corrected chi connectivity index (χ1v) is 7.38. The fourth-order valence-corrected chi connectivity index (χ4v) is 2.84. The van der Waals surface area contributed by atoms with Gasteiger partial charge in [0, 0.05) is 17.5 Å². The van der Waals surface area contributed by atoms with Crippen molar-refractivity contribution in [2.75, 3.05) is 14.2 Å². The summed E-state index contributed by atoms with van der Waals surface area (Å²) in [5.74, 6) is 1.80. The Hall–Kier alpha value is -1.26. The third kappa shape index (κ3) is 3.33. The Labute approximate surface area is 127 Å². The minimum Gasteiger partial charge on any atom is -0.497 e. The highest BCUT2D eigenvalue weighted by molar-refractivity contribution is 5.53. The smallest absolute Gasteiger partial charge is 0.128 e. The highest BCUT2D eigenvalue weighted by atomic mass is 16.6. The summed E-state index contributed by atoms with van der Waals surface area (Å²) in [5.41, 5.74) is 5.09. The van der Waals surface area contributed by atoms with Crippen molar-refractivity contribution in [1.29, 1.82) is 0 Å². The summed E-state index contributed by atoms with van der Waals surface area (Å²) in [6.45, 7) is 10.8. The monoisotopic (exact) mass is 293 g/mol. The van der Waals surface area contributed by atoms with Crippen LogP contribution >= 0.6 is 0 Å². The van der Waals surface area contributed by atoms with E-state index in [1.165, 1.54) is 0 Å². The van der Waals surface area contributed by atoms with Crippen LogP contribution in [0, 0.1) is 0 Å². The number of hydroxylamine groups is 1. The molecule has 1 aromatic carbocycles. The molecule has 1 aliphatic rings. The highest BCUT2D eigenvalue weighted by Crippen LogP contribution is 2.46. The van der Waals surface area contributed by atoms with Crippen molar-refractivity contribution in [3.8, 4) is 11.5 Å². The van der Waals surface area contributed by atoms with Crippen molar-refractivity contribution < 1.29 is 14.3 Å². The van der Waals surface area contributed by atoms with Gasteiger partial charge in [-0.15, -0.1) is 0 Å². The Bertz CT molecular complexity index is 518. The zero-order chi connectivity index (χ0) is 15.8. The van der Waals surface area contributed by atoms with Crippen LogP contribution in [0.1, 0.15) is 58.2 Å². The van der Waals surface area contributed by atoms with Crippen LogP contribution in [0.2, 0.25) is 0 Å². The molecule has 1 N–H and O–H groups in total. The minimum absolute atomic E-state index is 0.0241. The van der Waals surface area contributed by atoms with Crippen molar-refractivity contribution in [3.05, 3.63) is 23.3 Å². The molecule has 0 saturated heterocycles. The number of nitrogens with one attached hydrogen (secondary N) is 1. The van der Waals surface area contributed by atoms with E-state index in [-0.39, 0.29) is 17.1 Å². The van der Waals surface area contributed by atoms with Gasteiger partial charge in [0.25, 0.3) is 0 Å². The van der Waals surface area contributed by atoms with E-state index in [0.717, 1.165) is 29.0 Å². The largest absolute Gasteiger partial charge is 0.497 e. The first-order chi connectivity index (χ1) is 9.68. The molecule has 0 spiro atoms. The Morgan fingerprint density at radius 3 is 2.43 bits per heavy atom. The van der Waals surface area contributed by atoms with Crippen molar-refractivity contribution in [3.63, 3.8) is 0 Å². The minimum atomic E-state index is -0.238. The number of benzene rings is 1. The zero-order valence-corrected chi connectivity index (χ0v) is 14.2.